The fourth-order valence-corrected chi connectivity index (χ4v) is 14.8. The molecule has 0 atom stereocenters. The summed E-state index contributed by atoms with van der Waals surface area (Å²) >= 11 is 10.1. The van der Waals surface area contributed by atoms with Crippen LogP contribution in [0.2, 0.25) is 0 Å². The molecule has 0 bridgehead atoms. The normalized spacial score (nSPS) is 11.8. The average Bonchev–Trinajstić information content (AvgIpc) is 3.38. The first-order valence-corrected chi connectivity index (χ1v) is 27.0. The van der Waals surface area contributed by atoms with E-state index in [1.165, 1.54) is 145 Å². The Balaban J connectivity index is 0.000000134. The Labute approximate surface area is 448 Å². The van der Waals surface area contributed by atoms with E-state index in [1.807, 2.05) is 0 Å². The molecule has 0 heterocycles. The number of rotatable bonds is 4. The molecule has 0 aliphatic heterocycles. The molecule has 68 heavy (non-hydrogen) atoms. The molecular weight excluding hydrogens is 1280 g/mol. The highest BCUT2D eigenvalue weighted by Gasteiger charge is 2.22. The van der Waals surface area contributed by atoms with Crippen LogP contribution in [-0.4, -0.2) is 0 Å². The Morgan fingerprint density at radius 3 is 0.574 bits per heavy atom. The maximum absolute atomic E-state index is 2.52. The van der Waals surface area contributed by atoms with Crippen LogP contribution < -0.4 is 0 Å². The summed E-state index contributed by atoms with van der Waals surface area (Å²) in [5.74, 6) is 0. The van der Waals surface area contributed by atoms with Gasteiger partial charge in [0, 0.05) is 36.5 Å². The summed E-state index contributed by atoms with van der Waals surface area (Å²) in [5.41, 5.74) is 10.4. The van der Waals surface area contributed by atoms with Crippen LogP contribution in [0.15, 0.2) is 218 Å². The largest absolute Gasteiger partial charge is 0.0622 e. The van der Waals surface area contributed by atoms with E-state index in [-0.39, 0.29) is 0 Å². The number of fused-ring (bicyclic) bond motifs is 4. The monoisotopic (exact) mass is 1310 g/mol. The second-order valence-electron chi connectivity index (χ2n) is 17.5. The van der Waals surface area contributed by atoms with Crippen LogP contribution >= 0.6 is 90.4 Å². The van der Waals surface area contributed by atoms with E-state index >= 15 is 0 Å². The first-order chi connectivity index (χ1) is 33.4. The molecule has 0 N–H and O–H groups in total. The molecule has 0 fully saturated rings. The van der Waals surface area contributed by atoms with Crippen LogP contribution in [0.1, 0.15) is 0 Å². The highest BCUT2D eigenvalue weighted by Crippen LogP contribution is 2.49. The van der Waals surface area contributed by atoms with Crippen LogP contribution in [0, 0.1) is 14.3 Å². The lowest BCUT2D eigenvalue weighted by Crippen LogP contribution is -1.94. The minimum Gasteiger partial charge on any atom is -0.0622 e. The molecule has 0 aromatic heterocycles. The fourth-order valence-electron chi connectivity index (χ4n) is 11.1. The highest BCUT2D eigenvalue weighted by molar-refractivity contribution is 14.1. The summed E-state index contributed by atoms with van der Waals surface area (Å²) in [5, 5.41) is 21.5. The molecule has 4 heteroatoms. The molecule has 0 spiro atoms. The van der Waals surface area contributed by atoms with Crippen LogP contribution in [0.25, 0.3) is 131 Å². The first-order valence-electron chi connectivity index (χ1n) is 22.7. The highest BCUT2D eigenvalue weighted by atomic mass is 127. The Morgan fingerprint density at radius 1 is 0.176 bits per heavy atom. The minimum atomic E-state index is 1.27. The van der Waals surface area contributed by atoms with Crippen LogP contribution in [-0.2, 0) is 0 Å². The summed E-state index contributed by atoms with van der Waals surface area (Å²) in [7, 11) is 0. The van der Waals surface area contributed by atoms with Crippen molar-refractivity contribution in [1.29, 1.82) is 0 Å². The third-order valence-corrected chi connectivity index (χ3v) is 17.3. The molecule has 0 aliphatic rings. The van der Waals surface area contributed by atoms with E-state index in [0.717, 1.165) is 0 Å². The van der Waals surface area contributed by atoms with Crippen LogP contribution in [0.5, 0.6) is 0 Å². The topological polar surface area (TPSA) is 0 Å². The zero-order valence-corrected chi connectivity index (χ0v) is 44.9. The lowest BCUT2D eigenvalue weighted by Gasteiger charge is -2.20. The van der Waals surface area contributed by atoms with Crippen molar-refractivity contribution >= 4 is 177 Å². The second kappa shape index (κ2) is 17.2. The van der Waals surface area contributed by atoms with Gasteiger partial charge in [0.15, 0.2) is 0 Å². The van der Waals surface area contributed by atoms with Gasteiger partial charge in [0.05, 0.1) is 0 Å². The van der Waals surface area contributed by atoms with Crippen molar-refractivity contribution in [2.75, 3.05) is 0 Å². The van der Waals surface area contributed by atoms with E-state index in [0.29, 0.717) is 0 Å². The third-order valence-electron chi connectivity index (χ3n) is 13.9. The van der Waals surface area contributed by atoms with Gasteiger partial charge >= 0.3 is 0 Å². The Morgan fingerprint density at radius 2 is 0.368 bits per heavy atom. The zero-order chi connectivity index (χ0) is 45.6. The van der Waals surface area contributed by atoms with Crippen molar-refractivity contribution in [3.05, 3.63) is 233 Å². The van der Waals surface area contributed by atoms with E-state index < -0.39 is 0 Å². The van der Waals surface area contributed by atoms with Gasteiger partial charge in [-0.05, 0) is 223 Å². The smallest absolute Gasteiger partial charge is 0.0221 e. The molecule has 0 unspecified atom stereocenters. The van der Waals surface area contributed by atoms with Gasteiger partial charge < -0.3 is 0 Å². The minimum absolute atomic E-state index is 1.27. The molecule has 0 saturated heterocycles. The lowest BCUT2D eigenvalue weighted by atomic mass is 9.85. The molecule has 320 valence electrons. The van der Waals surface area contributed by atoms with Gasteiger partial charge in [-0.15, -0.1) is 0 Å². The van der Waals surface area contributed by atoms with Crippen molar-refractivity contribution in [2.24, 2.45) is 0 Å². The van der Waals surface area contributed by atoms with Gasteiger partial charge in [0.1, 0.15) is 0 Å². The Hall–Kier alpha value is -5.40. The maximum Gasteiger partial charge on any atom is 0.0221 e. The lowest BCUT2D eigenvalue weighted by molar-refractivity contribution is 1.63. The molecule has 0 aliphatic carbocycles. The number of benzene rings is 14. The average molecular weight is 1310 g/mol. The van der Waals surface area contributed by atoms with Crippen molar-refractivity contribution in [1.82, 2.24) is 0 Å². The molecule has 0 radical (unpaired) electrons. The van der Waals surface area contributed by atoms with Gasteiger partial charge in [-0.3, -0.25) is 0 Å². The standard InChI is InChI=1S/2C32H18I2/c2*33-27-17-25-22-14-8-16-24-30(20-11-5-2-6-12-20)28(34)18-26(32(22)24)21-13-7-15-23(31(21)25)29(27)19-9-3-1-4-10-19/h2*1-18H. The van der Waals surface area contributed by atoms with Gasteiger partial charge in [0.25, 0.3) is 0 Å². The van der Waals surface area contributed by atoms with Crippen molar-refractivity contribution in [2.45, 2.75) is 0 Å². The number of halogens is 4. The van der Waals surface area contributed by atoms with E-state index in [2.05, 4.69) is 309 Å². The molecule has 14 aromatic rings. The van der Waals surface area contributed by atoms with E-state index in [1.54, 1.807) is 0 Å². The first kappa shape index (κ1) is 42.7. The summed E-state index contributed by atoms with van der Waals surface area (Å²) in [6, 6.07) is 80.0. The summed E-state index contributed by atoms with van der Waals surface area (Å²) < 4.78 is 5.16. The SMILES string of the molecule is Ic1cc2c3cccc4c(-c5ccccc5)c(I)cc(c5cccc(c1-c1ccccc1)c52)c43.Ic1cc2c3cccc4c(-c5ccccc5)c(I)cc(c5cccc(c1-c1ccccc1)c52)c43. The zero-order valence-electron chi connectivity index (χ0n) is 36.3. The van der Waals surface area contributed by atoms with Crippen LogP contribution in [0.3, 0.4) is 0 Å². The Bertz CT molecular complexity index is 3700. The van der Waals surface area contributed by atoms with Crippen molar-refractivity contribution in [3.8, 4) is 44.5 Å². The second-order valence-corrected chi connectivity index (χ2v) is 22.1. The van der Waals surface area contributed by atoms with Crippen molar-refractivity contribution in [3.63, 3.8) is 0 Å². The third kappa shape index (κ3) is 6.75. The molecule has 0 amide bonds. The molecule has 14 rings (SSSR count). The number of hydrogen-bond acceptors (Lipinski definition) is 0. The molecule has 0 nitrogen and oxygen atoms in total. The van der Waals surface area contributed by atoms with E-state index in [4.69, 9.17) is 0 Å². The maximum atomic E-state index is 2.52. The van der Waals surface area contributed by atoms with Gasteiger partial charge in [-0.2, -0.15) is 0 Å². The van der Waals surface area contributed by atoms with Gasteiger partial charge in [-0.25, -0.2) is 0 Å². The van der Waals surface area contributed by atoms with Gasteiger partial charge in [-0.1, -0.05) is 194 Å². The summed E-state index contributed by atoms with van der Waals surface area (Å²) in [4.78, 5) is 0. The van der Waals surface area contributed by atoms with Gasteiger partial charge in [0.2, 0.25) is 0 Å². The quantitative estimate of drug-likeness (QED) is 0.0936. The summed E-state index contributed by atoms with van der Waals surface area (Å²) in [6.07, 6.45) is 0. The Kier molecular flexibility index (Phi) is 10.8. The summed E-state index contributed by atoms with van der Waals surface area (Å²) in [6.45, 7) is 0. The molecule has 14 aromatic carbocycles. The molecule has 0 saturated carbocycles. The fraction of sp³-hybridized carbons (Fsp3) is 0. The number of hydrogen-bond donors (Lipinski definition) is 0. The predicted molar refractivity (Wildman–Crippen MR) is 328 cm³/mol. The van der Waals surface area contributed by atoms with Crippen LogP contribution in [0.4, 0.5) is 0 Å². The molecular formula is C64H36I4. The van der Waals surface area contributed by atoms with E-state index in [9.17, 15) is 0 Å². The van der Waals surface area contributed by atoms with Crippen molar-refractivity contribution < 1.29 is 0 Å². The predicted octanol–water partition coefficient (Wildman–Crippen LogP) is 20.6.